The predicted octanol–water partition coefficient (Wildman–Crippen LogP) is 2.04. The first kappa shape index (κ1) is 7.73. The van der Waals surface area contributed by atoms with Gasteiger partial charge < -0.3 is 0 Å². The summed E-state index contributed by atoms with van der Waals surface area (Å²) < 4.78 is 0.996. The Balaban J connectivity index is 2.93. The maximum atomic E-state index is 4.25. The molecule has 2 rings (SSSR count). The minimum atomic E-state index is 0.928. The molecule has 0 fully saturated rings. The van der Waals surface area contributed by atoms with E-state index in [9.17, 15) is 0 Å². The van der Waals surface area contributed by atoms with Crippen LogP contribution < -0.4 is 0 Å². The van der Waals surface area contributed by atoms with Crippen LogP contribution in [-0.4, -0.2) is 15.0 Å². The maximum absolute atomic E-state index is 4.25. The standard InChI is InChI=1S/C8H8BrN3/c1-5-3-4-6(9)8-7(5)10-12(2)11-8/h3-4H,1-2H3. The van der Waals surface area contributed by atoms with E-state index in [-0.39, 0.29) is 0 Å². The normalized spacial score (nSPS) is 10.9. The molecule has 4 heteroatoms. The number of halogens is 1. The van der Waals surface area contributed by atoms with Gasteiger partial charge in [0.2, 0.25) is 0 Å². The molecule has 1 aromatic heterocycles. The van der Waals surface area contributed by atoms with Crippen LogP contribution in [0.15, 0.2) is 16.6 Å². The smallest absolute Gasteiger partial charge is 0.127 e. The van der Waals surface area contributed by atoms with Crippen LogP contribution in [0.4, 0.5) is 0 Å². The van der Waals surface area contributed by atoms with E-state index in [0.717, 1.165) is 21.1 Å². The summed E-state index contributed by atoms with van der Waals surface area (Å²) in [6.07, 6.45) is 0. The van der Waals surface area contributed by atoms with E-state index in [0.29, 0.717) is 0 Å². The average molecular weight is 226 g/mol. The fourth-order valence-electron chi connectivity index (χ4n) is 1.19. The van der Waals surface area contributed by atoms with Gasteiger partial charge in [-0.05, 0) is 34.5 Å². The van der Waals surface area contributed by atoms with Gasteiger partial charge in [0.25, 0.3) is 0 Å². The van der Waals surface area contributed by atoms with Crippen molar-refractivity contribution in [2.45, 2.75) is 6.92 Å². The molecule has 0 spiro atoms. The molecule has 0 unspecified atom stereocenters. The zero-order valence-electron chi connectivity index (χ0n) is 6.87. The van der Waals surface area contributed by atoms with Crippen molar-refractivity contribution >= 4 is 27.0 Å². The molecule has 0 aliphatic carbocycles. The third-order valence-electron chi connectivity index (χ3n) is 1.79. The number of aromatic nitrogens is 3. The van der Waals surface area contributed by atoms with E-state index in [4.69, 9.17) is 0 Å². The average Bonchev–Trinajstić information content (AvgIpc) is 2.41. The molecule has 0 N–H and O–H groups in total. The zero-order chi connectivity index (χ0) is 8.72. The Kier molecular flexibility index (Phi) is 1.65. The van der Waals surface area contributed by atoms with Crippen molar-refractivity contribution < 1.29 is 0 Å². The van der Waals surface area contributed by atoms with Gasteiger partial charge in [0.1, 0.15) is 11.0 Å². The summed E-state index contributed by atoms with van der Waals surface area (Å²) in [5.41, 5.74) is 3.05. The first-order chi connectivity index (χ1) is 5.68. The summed E-state index contributed by atoms with van der Waals surface area (Å²) >= 11 is 3.43. The van der Waals surface area contributed by atoms with E-state index in [1.807, 2.05) is 26.1 Å². The van der Waals surface area contributed by atoms with E-state index < -0.39 is 0 Å². The summed E-state index contributed by atoms with van der Waals surface area (Å²) in [6.45, 7) is 2.03. The Bertz CT molecular complexity index is 394. The molecule has 0 amide bonds. The quantitative estimate of drug-likeness (QED) is 0.688. The lowest BCUT2D eigenvalue weighted by atomic mass is 10.2. The van der Waals surface area contributed by atoms with Gasteiger partial charge in [-0.25, -0.2) is 0 Å². The largest absolute Gasteiger partial charge is 0.187 e. The summed E-state index contributed by atoms with van der Waals surface area (Å²) in [5, 5.41) is 8.48. The first-order valence-corrected chi connectivity index (χ1v) is 4.44. The van der Waals surface area contributed by atoms with Gasteiger partial charge >= 0.3 is 0 Å². The number of nitrogens with zero attached hydrogens (tertiary/aromatic N) is 3. The Morgan fingerprint density at radius 2 is 1.92 bits per heavy atom. The lowest BCUT2D eigenvalue weighted by Gasteiger charge is -1.93. The van der Waals surface area contributed by atoms with Crippen molar-refractivity contribution in [3.63, 3.8) is 0 Å². The summed E-state index contributed by atoms with van der Waals surface area (Å²) in [5.74, 6) is 0. The van der Waals surface area contributed by atoms with E-state index in [2.05, 4.69) is 26.1 Å². The van der Waals surface area contributed by atoms with Crippen molar-refractivity contribution in [3.8, 4) is 0 Å². The van der Waals surface area contributed by atoms with Crippen molar-refractivity contribution in [3.05, 3.63) is 22.2 Å². The molecule has 0 saturated heterocycles. The molecular weight excluding hydrogens is 218 g/mol. The van der Waals surface area contributed by atoms with E-state index >= 15 is 0 Å². The Labute approximate surface area is 78.5 Å². The fourth-order valence-corrected chi connectivity index (χ4v) is 1.59. The number of hydrogen-bond acceptors (Lipinski definition) is 2. The van der Waals surface area contributed by atoms with Gasteiger partial charge in [0.05, 0.1) is 0 Å². The Morgan fingerprint density at radius 3 is 2.58 bits per heavy atom. The predicted molar refractivity (Wildman–Crippen MR) is 50.9 cm³/mol. The molecule has 0 saturated carbocycles. The van der Waals surface area contributed by atoms with Crippen LogP contribution in [0, 0.1) is 6.92 Å². The second kappa shape index (κ2) is 2.55. The monoisotopic (exact) mass is 225 g/mol. The van der Waals surface area contributed by atoms with E-state index in [1.54, 1.807) is 4.80 Å². The highest BCUT2D eigenvalue weighted by Gasteiger charge is 2.06. The second-order valence-corrected chi connectivity index (χ2v) is 3.61. The molecular formula is C8H8BrN3. The van der Waals surface area contributed by atoms with Crippen molar-refractivity contribution in [1.29, 1.82) is 0 Å². The number of aryl methyl sites for hydroxylation is 2. The molecule has 12 heavy (non-hydrogen) atoms. The minimum Gasteiger partial charge on any atom is -0.187 e. The Morgan fingerprint density at radius 1 is 1.25 bits per heavy atom. The van der Waals surface area contributed by atoms with Gasteiger partial charge in [-0.15, -0.1) is 0 Å². The van der Waals surface area contributed by atoms with Crippen LogP contribution >= 0.6 is 15.9 Å². The molecule has 0 bridgehead atoms. The molecule has 62 valence electrons. The van der Waals surface area contributed by atoms with Crippen molar-refractivity contribution in [2.24, 2.45) is 7.05 Å². The van der Waals surface area contributed by atoms with Crippen LogP contribution in [0.2, 0.25) is 0 Å². The number of hydrogen-bond donors (Lipinski definition) is 0. The molecule has 1 heterocycles. The van der Waals surface area contributed by atoms with Crippen LogP contribution in [0.3, 0.4) is 0 Å². The third-order valence-corrected chi connectivity index (χ3v) is 2.43. The molecule has 0 aliphatic rings. The van der Waals surface area contributed by atoms with Crippen molar-refractivity contribution in [2.75, 3.05) is 0 Å². The van der Waals surface area contributed by atoms with Gasteiger partial charge in [-0.2, -0.15) is 15.0 Å². The van der Waals surface area contributed by atoms with Crippen molar-refractivity contribution in [1.82, 2.24) is 15.0 Å². The molecule has 0 atom stereocenters. The first-order valence-electron chi connectivity index (χ1n) is 3.64. The number of fused-ring (bicyclic) bond motifs is 1. The van der Waals surface area contributed by atoms with Gasteiger partial charge in [0, 0.05) is 11.5 Å². The molecule has 2 aromatic rings. The third kappa shape index (κ3) is 1.03. The van der Waals surface area contributed by atoms with Gasteiger partial charge in [0.15, 0.2) is 0 Å². The lowest BCUT2D eigenvalue weighted by Crippen LogP contribution is -1.90. The highest BCUT2D eigenvalue weighted by atomic mass is 79.9. The molecule has 1 aromatic carbocycles. The minimum absolute atomic E-state index is 0.928. The van der Waals surface area contributed by atoms with Gasteiger partial charge in [-0.1, -0.05) is 6.07 Å². The second-order valence-electron chi connectivity index (χ2n) is 2.75. The fraction of sp³-hybridized carbons (Fsp3) is 0.250. The summed E-state index contributed by atoms with van der Waals surface area (Å²) in [4.78, 5) is 1.59. The lowest BCUT2D eigenvalue weighted by molar-refractivity contribution is 0.664. The van der Waals surface area contributed by atoms with Gasteiger partial charge in [-0.3, -0.25) is 0 Å². The van der Waals surface area contributed by atoms with E-state index in [1.165, 1.54) is 0 Å². The molecule has 0 radical (unpaired) electrons. The van der Waals surface area contributed by atoms with Crippen LogP contribution in [-0.2, 0) is 7.05 Å². The summed E-state index contributed by atoms with van der Waals surface area (Å²) in [7, 11) is 1.83. The highest BCUT2D eigenvalue weighted by Crippen LogP contribution is 2.22. The number of rotatable bonds is 0. The summed E-state index contributed by atoms with van der Waals surface area (Å²) in [6, 6.07) is 4.02. The molecule has 3 nitrogen and oxygen atoms in total. The molecule has 0 aliphatic heterocycles. The van der Waals surface area contributed by atoms with Crippen LogP contribution in [0.25, 0.3) is 11.0 Å². The van der Waals surface area contributed by atoms with Crippen LogP contribution in [0.5, 0.6) is 0 Å². The topological polar surface area (TPSA) is 30.7 Å². The maximum Gasteiger partial charge on any atom is 0.127 e. The SMILES string of the molecule is Cc1ccc(Br)c2nn(C)nc12. The highest BCUT2D eigenvalue weighted by molar-refractivity contribution is 9.10. The zero-order valence-corrected chi connectivity index (χ0v) is 8.46. The number of benzene rings is 1. The Hall–Kier alpha value is -0.900. The van der Waals surface area contributed by atoms with Crippen LogP contribution in [0.1, 0.15) is 5.56 Å².